The smallest absolute Gasteiger partial charge is 0.309 e. The highest BCUT2D eigenvalue weighted by atomic mass is 35.5. The van der Waals surface area contributed by atoms with Gasteiger partial charge < -0.3 is 23.9 Å². The Labute approximate surface area is 225 Å². The van der Waals surface area contributed by atoms with Gasteiger partial charge in [0.05, 0.1) is 32.3 Å². The number of hydrogen-bond donors (Lipinski definition) is 2. The number of fused-ring (bicyclic) bond motifs is 1. The fourth-order valence-corrected chi connectivity index (χ4v) is 5.55. The number of hydrogen-bond acceptors (Lipinski definition) is 7. The second-order valence-corrected chi connectivity index (χ2v) is 10.4. The van der Waals surface area contributed by atoms with E-state index in [0.29, 0.717) is 40.3 Å². The number of sulfonamides is 1. The largest absolute Gasteiger partial charge is 0.494 e. The predicted octanol–water partition coefficient (Wildman–Crippen LogP) is 5.85. The van der Waals surface area contributed by atoms with E-state index in [1.165, 1.54) is 26.4 Å². The van der Waals surface area contributed by atoms with Gasteiger partial charge in [0.15, 0.2) is 17.2 Å². The first-order valence-corrected chi connectivity index (χ1v) is 13.5. The molecule has 0 saturated carbocycles. The van der Waals surface area contributed by atoms with E-state index in [1.54, 1.807) is 36.4 Å². The van der Waals surface area contributed by atoms with Gasteiger partial charge >= 0.3 is 5.97 Å². The van der Waals surface area contributed by atoms with E-state index in [4.69, 9.17) is 30.5 Å². The molecule has 4 aromatic rings. The molecule has 11 heteroatoms. The van der Waals surface area contributed by atoms with Crippen LogP contribution < -0.4 is 18.9 Å². The van der Waals surface area contributed by atoms with Crippen LogP contribution in [0.25, 0.3) is 10.9 Å². The number of nitrogens with one attached hydrogen (secondary N) is 2. The summed E-state index contributed by atoms with van der Waals surface area (Å²) in [4.78, 5) is 14.8. The van der Waals surface area contributed by atoms with Crippen molar-refractivity contribution in [2.75, 3.05) is 25.5 Å². The highest BCUT2D eigenvalue weighted by molar-refractivity contribution is 7.92. The third-order valence-electron chi connectivity index (χ3n) is 5.66. The van der Waals surface area contributed by atoms with Crippen LogP contribution in [-0.4, -0.2) is 40.2 Å². The first kappa shape index (κ1) is 27.2. The van der Waals surface area contributed by atoms with Crippen molar-refractivity contribution in [3.05, 3.63) is 70.9 Å². The summed E-state index contributed by atoms with van der Waals surface area (Å²) in [5.41, 5.74) is 2.44. The molecular formula is C27H27ClN2O7S. The fraction of sp³-hybridized carbons (Fsp3) is 0.222. The van der Waals surface area contributed by atoms with Crippen molar-refractivity contribution < 1.29 is 32.2 Å². The van der Waals surface area contributed by atoms with E-state index in [0.717, 1.165) is 5.69 Å². The highest BCUT2D eigenvalue weighted by Gasteiger charge is 2.23. The number of esters is 1. The van der Waals surface area contributed by atoms with Gasteiger partial charge in [0.25, 0.3) is 10.0 Å². The zero-order chi connectivity index (χ0) is 27.4. The molecule has 0 aliphatic heterocycles. The van der Waals surface area contributed by atoms with Crippen LogP contribution in [0.3, 0.4) is 0 Å². The molecule has 1 aromatic heterocycles. The third kappa shape index (κ3) is 5.81. The molecule has 0 spiro atoms. The Kier molecular flexibility index (Phi) is 8.03. The van der Waals surface area contributed by atoms with Gasteiger partial charge in [-0.2, -0.15) is 0 Å². The maximum atomic E-state index is 13.5. The van der Waals surface area contributed by atoms with Crippen LogP contribution in [0.4, 0.5) is 5.69 Å². The first-order chi connectivity index (χ1) is 18.1. The summed E-state index contributed by atoms with van der Waals surface area (Å²) < 4.78 is 51.4. The van der Waals surface area contributed by atoms with E-state index in [2.05, 4.69) is 9.71 Å². The van der Waals surface area contributed by atoms with E-state index in [1.807, 2.05) is 19.9 Å². The summed E-state index contributed by atoms with van der Waals surface area (Å²) in [7, 11) is -1.33. The number of aromatic nitrogens is 1. The van der Waals surface area contributed by atoms with Gasteiger partial charge in [-0.1, -0.05) is 17.7 Å². The Morgan fingerprint density at radius 1 is 1.00 bits per heavy atom. The maximum absolute atomic E-state index is 13.5. The topological polar surface area (TPSA) is 116 Å². The molecule has 4 rings (SSSR count). The van der Waals surface area contributed by atoms with Gasteiger partial charge in [0.2, 0.25) is 0 Å². The van der Waals surface area contributed by atoms with Crippen LogP contribution in [0.5, 0.6) is 23.0 Å². The lowest BCUT2D eigenvalue weighted by Crippen LogP contribution is -2.14. The second-order valence-electron chi connectivity index (χ2n) is 8.32. The van der Waals surface area contributed by atoms with Crippen LogP contribution in [0.2, 0.25) is 5.02 Å². The number of carbonyl (C=O) groups is 1. The predicted molar refractivity (Wildman–Crippen MR) is 145 cm³/mol. The van der Waals surface area contributed by atoms with E-state index in [-0.39, 0.29) is 27.8 Å². The lowest BCUT2D eigenvalue weighted by atomic mass is 10.1. The van der Waals surface area contributed by atoms with Crippen molar-refractivity contribution in [2.45, 2.75) is 25.2 Å². The third-order valence-corrected chi connectivity index (χ3v) is 7.50. The molecule has 0 amide bonds. The van der Waals surface area contributed by atoms with Crippen LogP contribution in [0, 0.1) is 6.92 Å². The van der Waals surface area contributed by atoms with E-state index < -0.39 is 16.0 Å². The zero-order valence-corrected chi connectivity index (χ0v) is 22.8. The Bertz CT molecular complexity index is 1600. The summed E-state index contributed by atoms with van der Waals surface area (Å²) in [6.45, 7) is 4.11. The summed E-state index contributed by atoms with van der Waals surface area (Å²) in [6.07, 6.45) is 0.0651. The normalized spacial score (nSPS) is 11.3. The van der Waals surface area contributed by atoms with Gasteiger partial charge in [-0.15, -0.1) is 0 Å². The molecule has 0 bridgehead atoms. The minimum atomic E-state index is -4.13. The standard InChI is InChI=1S/C27H27ClN2O7S/c1-5-36-18-7-11-25(20(28)15-18)38(32,33)30-27-19-12-16(2)29-21(19)8-10-23(27)37-22-9-6-17(13-24(22)34-3)14-26(31)35-4/h6-13,15,29-30H,5,14H2,1-4H3. The van der Waals surface area contributed by atoms with Crippen molar-refractivity contribution in [3.63, 3.8) is 0 Å². The number of anilines is 1. The summed E-state index contributed by atoms with van der Waals surface area (Å²) in [6, 6.07) is 14.7. The van der Waals surface area contributed by atoms with Crippen molar-refractivity contribution >= 4 is 44.2 Å². The number of aryl methyl sites for hydroxylation is 1. The number of ether oxygens (including phenoxy) is 4. The fourth-order valence-electron chi connectivity index (χ4n) is 3.92. The first-order valence-electron chi connectivity index (χ1n) is 11.6. The molecule has 0 aliphatic rings. The highest BCUT2D eigenvalue weighted by Crippen LogP contribution is 2.41. The molecule has 1 heterocycles. The van der Waals surface area contributed by atoms with Crippen LogP contribution in [0.1, 0.15) is 18.2 Å². The Morgan fingerprint density at radius 3 is 2.45 bits per heavy atom. The molecule has 2 N–H and O–H groups in total. The SMILES string of the molecule is CCOc1ccc(S(=O)(=O)Nc2c(Oc3ccc(CC(=O)OC)cc3OC)ccc3[nH]c(C)cc23)c(Cl)c1. The Morgan fingerprint density at radius 2 is 1.76 bits per heavy atom. The average Bonchev–Trinajstić information content (AvgIpc) is 3.26. The molecule has 0 fully saturated rings. The molecule has 0 radical (unpaired) electrons. The second kappa shape index (κ2) is 11.2. The summed E-state index contributed by atoms with van der Waals surface area (Å²) in [5, 5.41) is 0.623. The lowest BCUT2D eigenvalue weighted by molar-refractivity contribution is -0.139. The van der Waals surface area contributed by atoms with Crippen LogP contribution in [0.15, 0.2) is 59.5 Å². The molecule has 38 heavy (non-hydrogen) atoms. The molecule has 0 atom stereocenters. The maximum Gasteiger partial charge on any atom is 0.309 e. The number of methoxy groups -OCH3 is 2. The molecule has 0 aliphatic carbocycles. The van der Waals surface area contributed by atoms with E-state index >= 15 is 0 Å². The van der Waals surface area contributed by atoms with Gasteiger partial charge in [-0.3, -0.25) is 9.52 Å². The molecule has 3 aromatic carbocycles. The molecule has 0 unspecified atom stereocenters. The average molecular weight is 559 g/mol. The van der Waals surface area contributed by atoms with Gasteiger partial charge in [-0.05, 0) is 61.9 Å². The van der Waals surface area contributed by atoms with Crippen molar-refractivity contribution in [2.24, 2.45) is 0 Å². The summed E-state index contributed by atoms with van der Waals surface area (Å²) >= 11 is 6.32. The number of H-pyrrole nitrogens is 1. The number of halogens is 1. The molecule has 0 saturated heterocycles. The van der Waals surface area contributed by atoms with Crippen LogP contribution in [-0.2, 0) is 26.0 Å². The molecule has 9 nitrogen and oxygen atoms in total. The minimum Gasteiger partial charge on any atom is -0.494 e. The number of rotatable bonds is 10. The van der Waals surface area contributed by atoms with Crippen molar-refractivity contribution in [3.8, 4) is 23.0 Å². The number of aromatic amines is 1. The number of carbonyl (C=O) groups excluding carboxylic acids is 1. The molecular weight excluding hydrogens is 532 g/mol. The van der Waals surface area contributed by atoms with Gasteiger partial charge in [-0.25, -0.2) is 8.42 Å². The van der Waals surface area contributed by atoms with Crippen molar-refractivity contribution in [1.82, 2.24) is 4.98 Å². The quantitative estimate of drug-likeness (QED) is 0.235. The lowest BCUT2D eigenvalue weighted by Gasteiger charge is -2.17. The zero-order valence-electron chi connectivity index (χ0n) is 21.3. The van der Waals surface area contributed by atoms with Crippen LogP contribution >= 0.6 is 11.6 Å². The monoisotopic (exact) mass is 558 g/mol. The van der Waals surface area contributed by atoms with Gasteiger partial charge in [0.1, 0.15) is 16.3 Å². The Balaban J connectivity index is 1.75. The minimum absolute atomic E-state index is 0.0196. The van der Waals surface area contributed by atoms with Gasteiger partial charge in [0, 0.05) is 22.7 Å². The Hall–Kier alpha value is -3.89. The van der Waals surface area contributed by atoms with Crippen molar-refractivity contribution in [1.29, 1.82) is 0 Å². The summed E-state index contributed by atoms with van der Waals surface area (Å²) in [5.74, 6) is 0.999. The molecule has 200 valence electrons. The number of benzene rings is 3. The van der Waals surface area contributed by atoms with E-state index in [9.17, 15) is 13.2 Å².